The molecule has 4 N–H and O–H groups in total. The highest BCUT2D eigenvalue weighted by molar-refractivity contribution is 9.10. The smallest absolute Gasteiger partial charge is 0.202 e. The molecule has 0 amide bonds. The van der Waals surface area contributed by atoms with Crippen LogP contribution in [0.15, 0.2) is 22.7 Å². The van der Waals surface area contributed by atoms with E-state index in [1.807, 2.05) is 0 Å². The fraction of sp³-hybridized carbons (Fsp3) is 0. The molecule has 0 fully saturated rings. The number of hydrogen-bond donors (Lipinski definition) is 4. The Labute approximate surface area is 126 Å². The molecule has 6 nitrogen and oxygen atoms in total. The van der Waals surface area contributed by atoms with E-state index in [1.165, 1.54) is 0 Å². The molecular formula is C14H7BrO6. The number of halogens is 1. The molecule has 0 spiro atoms. The van der Waals surface area contributed by atoms with Crippen LogP contribution in [0.1, 0.15) is 31.8 Å². The van der Waals surface area contributed by atoms with Crippen LogP contribution in [0.5, 0.6) is 23.0 Å². The molecule has 0 heterocycles. The van der Waals surface area contributed by atoms with E-state index in [9.17, 15) is 30.0 Å². The van der Waals surface area contributed by atoms with Crippen molar-refractivity contribution in [1.82, 2.24) is 0 Å². The lowest BCUT2D eigenvalue weighted by Gasteiger charge is -2.21. The van der Waals surface area contributed by atoms with Crippen molar-refractivity contribution < 1.29 is 30.0 Å². The molecule has 0 saturated carbocycles. The molecule has 0 atom stereocenters. The van der Waals surface area contributed by atoms with Gasteiger partial charge in [0, 0.05) is 0 Å². The van der Waals surface area contributed by atoms with Crippen LogP contribution in [0.4, 0.5) is 0 Å². The molecule has 1 aliphatic rings. The zero-order chi connectivity index (χ0) is 15.5. The predicted octanol–water partition coefficient (Wildman–Crippen LogP) is 2.05. The lowest BCUT2D eigenvalue weighted by Crippen LogP contribution is -2.21. The average Bonchev–Trinajstić information content (AvgIpc) is 2.42. The number of fused-ring (bicyclic) bond motifs is 2. The molecule has 0 unspecified atom stereocenters. The van der Waals surface area contributed by atoms with Crippen molar-refractivity contribution in [3.63, 3.8) is 0 Å². The van der Waals surface area contributed by atoms with E-state index in [2.05, 4.69) is 15.9 Å². The van der Waals surface area contributed by atoms with Crippen molar-refractivity contribution in [2.75, 3.05) is 0 Å². The highest BCUT2D eigenvalue weighted by Crippen LogP contribution is 2.45. The molecule has 21 heavy (non-hydrogen) atoms. The van der Waals surface area contributed by atoms with E-state index in [0.29, 0.717) is 0 Å². The lowest BCUT2D eigenvalue weighted by atomic mass is 9.82. The highest BCUT2D eigenvalue weighted by atomic mass is 79.9. The van der Waals surface area contributed by atoms with Gasteiger partial charge < -0.3 is 20.4 Å². The number of carbonyl (C=O) groups is 2. The zero-order valence-corrected chi connectivity index (χ0v) is 11.8. The standard InChI is InChI=1S/C14H7BrO6/c15-4-3-7(18)10-11(12(4)19)14(21)9-6(17)2-1-5(16)8(9)13(10)20/h1-3,16-19H. The van der Waals surface area contributed by atoms with Crippen molar-refractivity contribution in [1.29, 1.82) is 0 Å². The number of hydrogen-bond acceptors (Lipinski definition) is 6. The van der Waals surface area contributed by atoms with Crippen molar-refractivity contribution in [3.05, 3.63) is 44.9 Å². The molecule has 1 aliphatic carbocycles. The summed E-state index contributed by atoms with van der Waals surface area (Å²) in [5.41, 5.74) is -1.63. The van der Waals surface area contributed by atoms with Gasteiger partial charge in [0.15, 0.2) is 0 Å². The van der Waals surface area contributed by atoms with Crippen LogP contribution in [0.25, 0.3) is 0 Å². The Morgan fingerprint density at radius 1 is 0.714 bits per heavy atom. The number of phenols is 4. The number of carbonyl (C=O) groups excluding carboxylic acids is 2. The van der Waals surface area contributed by atoms with Gasteiger partial charge in [0.05, 0.1) is 26.7 Å². The number of benzene rings is 2. The number of aromatic hydroxyl groups is 4. The van der Waals surface area contributed by atoms with E-state index in [4.69, 9.17) is 0 Å². The minimum Gasteiger partial charge on any atom is -0.507 e. The third-order valence-electron chi connectivity index (χ3n) is 3.30. The summed E-state index contributed by atoms with van der Waals surface area (Å²) in [6.45, 7) is 0. The van der Waals surface area contributed by atoms with Crippen molar-refractivity contribution >= 4 is 27.5 Å². The molecule has 0 radical (unpaired) electrons. The van der Waals surface area contributed by atoms with Crippen LogP contribution < -0.4 is 0 Å². The Morgan fingerprint density at radius 3 is 1.67 bits per heavy atom. The normalized spacial score (nSPS) is 13.0. The summed E-state index contributed by atoms with van der Waals surface area (Å²) in [4.78, 5) is 24.8. The monoisotopic (exact) mass is 350 g/mol. The zero-order valence-electron chi connectivity index (χ0n) is 10.2. The van der Waals surface area contributed by atoms with E-state index >= 15 is 0 Å². The number of rotatable bonds is 0. The van der Waals surface area contributed by atoms with Crippen molar-refractivity contribution in [3.8, 4) is 23.0 Å². The Hall–Kier alpha value is -2.54. The maximum absolute atomic E-state index is 12.4. The Balaban J connectivity index is 2.47. The maximum atomic E-state index is 12.4. The Bertz CT molecular complexity index is 840. The van der Waals surface area contributed by atoms with E-state index in [0.717, 1.165) is 18.2 Å². The summed E-state index contributed by atoms with van der Waals surface area (Å²) in [6, 6.07) is 3.21. The lowest BCUT2D eigenvalue weighted by molar-refractivity contribution is 0.0969. The number of ketones is 2. The van der Waals surface area contributed by atoms with Gasteiger partial charge in [0.2, 0.25) is 11.6 Å². The fourth-order valence-corrected chi connectivity index (χ4v) is 2.78. The average molecular weight is 351 g/mol. The third kappa shape index (κ3) is 1.64. The Morgan fingerprint density at radius 2 is 1.14 bits per heavy atom. The summed E-state index contributed by atoms with van der Waals surface area (Å²) in [6.07, 6.45) is 0. The first-order valence-electron chi connectivity index (χ1n) is 5.73. The molecule has 3 rings (SSSR count). The highest BCUT2D eigenvalue weighted by Gasteiger charge is 2.38. The Kier molecular flexibility index (Phi) is 2.70. The summed E-state index contributed by atoms with van der Waals surface area (Å²) < 4.78 is 0.0305. The molecule has 2 aromatic rings. The van der Waals surface area contributed by atoms with Crippen LogP contribution >= 0.6 is 15.9 Å². The van der Waals surface area contributed by atoms with Crippen LogP contribution in [-0.2, 0) is 0 Å². The minimum atomic E-state index is -0.859. The van der Waals surface area contributed by atoms with E-state index in [-0.39, 0.29) is 4.47 Å². The predicted molar refractivity (Wildman–Crippen MR) is 74.1 cm³/mol. The van der Waals surface area contributed by atoms with Gasteiger partial charge in [-0.15, -0.1) is 0 Å². The van der Waals surface area contributed by atoms with Crippen LogP contribution in [-0.4, -0.2) is 32.0 Å². The fourth-order valence-electron chi connectivity index (χ4n) is 2.37. The number of phenolic OH excluding ortho intramolecular Hbond substituents is 4. The molecule has 7 heteroatoms. The molecule has 2 aromatic carbocycles. The summed E-state index contributed by atoms with van der Waals surface area (Å²) in [5.74, 6) is -3.73. The van der Waals surface area contributed by atoms with Gasteiger partial charge in [-0.1, -0.05) is 0 Å². The quantitative estimate of drug-likeness (QED) is 0.461. The topological polar surface area (TPSA) is 115 Å². The first-order valence-corrected chi connectivity index (χ1v) is 6.52. The van der Waals surface area contributed by atoms with Gasteiger partial charge in [0.1, 0.15) is 23.0 Å². The molecule has 0 aromatic heterocycles. The van der Waals surface area contributed by atoms with Gasteiger partial charge in [0.25, 0.3) is 0 Å². The first-order chi connectivity index (χ1) is 9.84. The van der Waals surface area contributed by atoms with Crippen LogP contribution in [0.3, 0.4) is 0 Å². The third-order valence-corrected chi connectivity index (χ3v) is 3.91. The molecular weight excluding hydrogens is 344 g/mol. The van der Waals surface area contributed by atoms with Gasteiger partial charge >= 0.3 is 0 Å². The SMILES string of the molecule is O=C1c2c(O)ccc(O)c2C(=O)c2c(O)c(Br)cc(O)c21. The summed E-state index contributed by atoms with van der Waals surface area (Å²) in [5, 5.41) is 39.4. The van der Waals surface area contributed by atoms with Gasteiger partial charge in [-0.25, -0.2) is 0 Å². The first kappa shape index (κ1) is 13.4. The van der Waals surface area contributed by atoms with Crippen molar-refractivity contribution in [2.24, 2.45) is 0 Å². The van der Waals surface area contributed by atoms with Gasteiger partial charge in [-0.05, 0) is 34.1 Å². The van der Waals surface area contributed by atoms with Crippen LogP contribution in [0.2, 0.25) is 0 Å². The van der Waals surface area contributed by atoms with Crippen molar-refractivity contribution in [2.45, 2.75) is 0 Å². The van der Waals surface area contributed by atoms with Gasteiger partial charge in [-0.3, -0.25) is 9.59 Å². The largest absolute Gasteiger partial charge is 0.507 e. The van der Waals surface area contributed by atoms with Crippen LogP contribution in [0, 0.1) is 0 Å². The summed E-state index contributed by atoms with van der Waals surface area (Å²) in [7, 11) is 0. The molecule has 0 aliphatic heterocycles. The van der Waals surface area contributed by atoms with E-state index < -0.39 is 56.8 Å². The molecule has 0 bridgehead atoms. The van der Waals surface area contributed by atoms with E-state index in [1.54, 1.807) is 0 Å². The second kappa shape index (κ2) is 4.23. The van der Waals surface area contributed by atoms with Gasteiger partial charge in [-0.2, -0.15) is 0 Å². The second-order valence-electron chi connectivity index (χ2n) is 4.49. The molecule has 0 saturated heterocycles. The molecule has 106 valence electrons. The summed E-state index contributed by atoms with van der Waals surface area (Å²) >= 11 is 2.96. The minimum absolute atomic E-state index is 0.0305. The maximum Gasteiger partial charge on any atom is 0.202 e. The second-order valence-corrected chi connectivity index (χ2v) is 5.34.